The molecule has 0 radical (unpaired) electrons. The Morgan fingerprint density at radius 2 is 1.20 bits per heavy atom. The van der Waals surface area contributed by atoms with Crippen molar-refractivity contribution in [3.05, 3.63) is 163 Å². The van der Waals surface area contributed by atoms with Gasteiger partial charge in [0.05, 0.1) is 10.4 Å². The quantitative estimate of drug-likeness (QED) is 0.196. The molecule has 0 amide bonds. The predicted molar refractivity (Wildman–Crippen MR) is 195 cm³/mol. The number of benzene rings is 7. The van der Waals surface area contributed by atoms with Crippen molar-refractivity contribution in [2.75, 3.05) is 4.90 Å². The van der Waals surface area contributed by atoms with Gasteiger partial charge in [-0.1, -0.05) is 129 Å². The molecule has 1 aromatic heterocycles. The standard InChI is InChI=1S/C43H31NS/c1-43(2)37-17-9-8-15-34(37)35-25-24-32(27-38(35)43)44(31-22-19-29(20-23-31)28-11-4-3-5-12-28)39-18-10-16-36-41-33-14-7-6-13-30(33)21-26-40(41)45-42(36)39/h3-27H,1-2H3. The lowest BCUT2D eigenvalue weighted by molar-refractivity contribution is 0.660. The third-order valence-electron chi connectivity index (χ3n) is 9.67. The fraction of sp³-hybridized carbons (Fsp3) is 0.0698. The molecule has 0 N–H and O–H groups in total. The van der Waals surface area contributed by atoms with Gasteiger partial charge in [-0.2, -0.15) is 0 Å². The SMILES string of the molecule is CC1(C)c2ccccc2-c2ccc(N(c3ccc(-c4ccccc4)cc3)c3cccc4c3sc3ccc5ccccc5c34)cc21. The molecule has 0 unspecified atom stereocenters. The molecule has 0 spiro atoms. The van der Waals surface area contributed by atoms with Gasteiger partial charge in [-0.05, 0) is 80.6 Å². The van der Waals surface area contributed by atoms with Gasteiger partial charge in [0.1, 0.15) is 0 Å². The highest BCUT2D eigenvalue weighted by Gasteiger charge is 2.35. The van der Waals surface area contributed by atoms with Crippen molar-refractivity contribution >= 4 is 59.3 Å². The first-order valence-electron chi connectivity index (χ1n) is 15.6. The van der Waals surface area contributed by atoms with E-state index in [-0.39, 0.29) is 5.41 Å². The van der Waals surface area contributed by atoms with Crippen molar-refractivity contribution in [3.8, 4) is 22.3 Å². The summed E-state index contributed by atoms with van der Waals surface area (Å²) in [6, 6.07) is 55.8. The van der Waals surface area contributed by atoms with Gasteiger partial charge in [-0.25, -0.2) is 0 Å². The Labute approximate surface area is 267 Å². The van der Waals surface area contributed by atoms with E-state index in [1.165, 1.54) is 75.7 Å². The largest absolute Gasteiger partial charge is 0.309 e. The minimum absolute atomic E-state index is 0.0761. The fourth-order valence-electron chi connectivity index (χ4n) is 7.42. The minimum Gasteiger partial charge on any atom is -0.309 e. The average molecular weight is 594 g/mol. The second-order valence-electron chi connectivity index (χ2n) is 12.6. The zero-order valence-electron chi connectivity index (χ0n) is 25.3. The van der Waals surface area contributed by atoms with Crippen LogP contribution >= 0.6 is 11.3 Å². The van der Waals surface area contributed by atoms with E-state index in [2.05, 4.69) is 170 Å². The maximum Gasteiger partial charge on any atom is 0.0640 e. The summed E-state index contributed by atoms with van der Waals surface area (Å²) < 4.78 is 2.63. The first-order chi connectivity index (χ1) is 22.1. The molecule has 1 aliphatic carbocycles. The molecule has 0 aliphatic heterocycles. The van der Waals surface area contributed by atoms with Gasteiger partial charge in [0.25, 0.3) is 0 Å². The smallest absolute Gasteiger partial charge is 0.0640 e. The van der Waals surface area contributed by atoms with Gasteiger partial charge >= 0.3 is 0 Å². The third-order valence-corrected chi connectivity index (χ3v) is 10.9. The molecule has 1 aliphatic rings. The summed E-state index contributed by atoms with van der Waals surface area (Å²) in [7, 11) is 0. The number of hydrogen-bond donors (Lipinski definition) is 0. The molecular weight excluding hydrogens is 563 g/mol. The van der Waals surface area contributed by atoms with E-state index in [1.807, 2.05) is 11.3 Å². The van der Waals surface area contributed by atoms with Crippen LogP contribution in [0.1, 0.15) is 25.0 Å². The molecule has 2 heteroatoms. The van der Waals surface area contributed by atoms with Crippen molar-refractivity contribution in [1.82, 2.24) is 0 Å². The lowest BCUT2D eigenvalue weighted by atomic mass is 9.82. The molecule has 0 atom stereocenters. The van der Waals surface area contributed by atoms with E-state index in [9.17, 15) is 0 Å². The van der Waals surface area contributed by atoms with Crippen LogP contribution in [0.2, 0.25) is 0 Å². The molecule has 1 nitrogen and oxygen atoms in total. The van der Waals surface area contributed by atoms with E-state index in [0.717, 1.165) is 5.69 Å². The van der Waals surface area contributed by atoms with E-state index in [4.69, 9.17) is 0 Å². The van der Waals surface area contributed by atoms with Gasteiger partial charge in [0.2, 0.25) is 0 Å². The zero-order chi connectivity index (χ0) is 30.1. The highest BCUT2D eigenvalue weighted by molar-refractivity contribution is 7.26. The number of nitrogens with zero attached hydrogens (tertiary/aromatic N) is 1. The van der Waals surface area contributed by atoms with Crippen molar-refractivity contribution in [2.45, 2.75) is 19.3 Å². The van der Waals surface area contributed by atoms with Crippen LogP contribution in [-0.2, 0) is 5.41 Å². The van der Waals surface area contributed by atoms with Crippen molar-refractivity contribution in [2.24, 2.45) is 0 Å². The summed E-state index contributed by atoms with van der Waals surface area (Å²) in [5, 5.41) is 5.25. The predicted octanol–water partition coefficient (Wildman–Crippen LogP) is 12.7. The molecule has 0 bridgehead atoms. The van der Waals surface area contributed by atoms with E-state index in [1.54, 1.807) is 0 Å². The molecule has 45 heavy (non-hydrogen) atoms. The molecular formula is C43H31NS. The van der Waals surface area contributed by atoms with Crippen LogP contribution in [0.5, 0.6) is 0 Å². The Hall–Kier alpha value is -5.18. The number of thiophene rings is 1. The average Bonchev–Trinajstić information content (AvgIpc) is 3.59. The Morgan fingerprint density at radius 1 is 0.511 bits per heavy atom. The summed E-state index contributed by atoms with van der Waals surface area (Å²) in [5.41, 5.74) is 11.4. The highest BCUT2D eigenvalue weighted by atomic mass is 32.1. The zero-order valence-corrected chi connectivity index (χ0v) is 26.1. The van der Waals surface area contributed by atoms with Crippen LogP contribution in [0.15, 0.2) is 152 Å². The van der Waals surface area contributed by atoms with Crippen LogP contribution in [-0.4, -0.2) is 0 Å². The van der Waals surface area contributed by atoms with Crippen LogP contribution < -0.4 is 4.90 Å². The van der Waals surface area contributed by atoms with Gasteiger partial charge in [-0.15, -0.1) is 11.3 Å². The Morgan fingerprint density at radius 3 is 2.07 bits per heavy atom. The highest BCUT2D eigenvalue weighted by Crippen LogP contribution is 2.52. The summed E-state index contributed by atoms with van der Waals surface area (Å²) in [6.45, 7) is 4.72. The first kappa shape index (κ1) is 26.2. The second-order valence-corrected chi connectivity index (χ2v) is 13.6. The minimum atomic E-state index is -0.0761. The van der Waals surface area contributed by atoms with Gasteiger partial charge in [0, 0.05) is 32.3 Å². The number of hydrogen-bond acceptors (Lipinski definition) is 2. The van der Waals surface area contributed by atoms with E-state index in [0.29, 0.717) is 0 Å². The van der Waals surface area contributed by atoms with Crippen molar-refractivity contribution in [1.29, 1.82) is 0 Å². The fourth-order valence-corrected chi connectivity index (χ4v) is 8.64. The molecule has 0 saturated carbocycles. The topological polar surface area (TPSA) is 3.24 Å². The van der Waals surface area contributed by atoms with Crippen molar-refractivity contribution in [3.63, 3.8) is 0 Å². The summed E-state index contributed by atoms with van der Waals surface area (Å²) >= 11 is 1.89. The molecule has 214 valence electrons. The summed E-state index contributed by atoms with van der Waals surface area (Å²) in [5.74, 6) is 0. The van der Waals surface area contributed by atoms with Crippen molar-refractivity contribution < 1.29 is 0 Å². The summed E-state index contributed by atoms with van der Waals surface area (Å²) in [6.07, 6.45) is 0. The molecule has 8 aromatic rings. The van der Waals surface area contributed by atoms with Crippen LogP contribution in [0.3, 0.4) is 0 Å². The number of anilines is 3. The number of rotatable bonds is 4. The molecule has 9 rings (SSSR count). The molecule has 0 fully saturated rings. The van der Waals surface area contributed by atoms with Crippen LogP contribution in [0.25, 0.3) is 53.2 Å². The van der Waals surface area contributed by atoms with E-state index >= 15 is 0 Å². The van der Waals surface area contributed by atoms with Gasteiger partial charge in [-0.3, -0.25) is 0 Å². The maximum atomic E-state index is 2.47. The van der Waals surface area contributed by atoms with Crippen LogP contribution in [0, 0.1) is 0 Å². The lowest BCUT2D eigenvalue weighted by Crippen LogP contribution is -2.16. The first-order valence-corrected chi connectivity index (χ1v) is 16.4. The molecule has 1 heterocycles. The van der Waals surface area contributed by atoms with Gasteiger partial charge < -0.3 is 4.90 Å². The monoisotopic (exact) mass is 593 g/mol. The lowest BCUT2D eigenvalue weighted by Gasteiger charge is -2.28. The third kappa shape index (κ3) is 3.99. The maximum absolute atomic E-state index is 2.47. The Kier molecular flexibility index (Phi) is 5.78. The van der Waals surface area contributed by atoms with Gasteiger partial charge in [0.15, 0.2) is 0 Å². The van der Waals surface area contributed by atoms with Crippen LogP contribution in [0.4, 0.5) is 17.1 Å². The Bertz CT molecular complexity index is 2400. The molecule has 7 aromatic carbocycles. The molecule has 0 saturated heterocycles. The Balaban J connectivity index is 1.28. The summed E-state index contributed by atoms with van der Waals surface area (Å²) in [4.78, 5) is 2.47. The van der Waals surface area contributed by atoms with E-state index < -0.39 is 0 Å². The second kappa shape index (κ2) is 9.92. The normalized spacial score (nSPS) is 13.3. The number of fused-ring (bicyclic) bond motifs is 8.